The van der Waals surface area contributed by atoms with Crippen LogP contribution < -0.4 is 5.69 Å². The molecule has 1 N–H and O–H groups in total. The maximum atomic E-state index is 12.2. The molecule has 2 heterocycles. The number of carboxylic acid groups (broad SMARTS) is 1. The van der Waals surface area contributed by atoms with Crippen molar-refractivity contribution in [1.82, 2.24) is 9.55 Å². The Morgan fingerprint density at radius 2 is 1.95 bits per heavy atom. The van der Waals surface area contributed by atoms with Gasteiger partial charge in [-0.15, -0.1) is 0 Å². The first-order valence-electron chi connectivity index (χ1n) is 7.00. The highest BCUT2D eigenvalue weighted by molar-refractivity contribution is 7.85. The summed E-state index contributed by atoms with van der Waals surface area (Å²) in [5.74, 6) is -0.484. The lowest BCUT2D eigenvalue weighted by atomic mass is 9.97. The largest absolute Gasteiger partial charge is 0.481 e. The number of hydrogen-bond acceptors (Lipinski definition) is 4. The fourth-order valence-corrected chi connectivity index (χ4v) is 4.29. The van der Waals surface area contributed by atoms with Gasteiger partial charge in [0.15, 0.2) is 0 Å². The lowest BCUT2D eigenvalue weighted by Gasteiger charge is -2.27. The number of aryl methyl sites for hydroxylation is 1. The first-order valence-corrected chi connectivity index (χ1v) is 8.49. The SMILES string of the molecule is Cc1nc(=O)n(C2CCS(=O)CC2)c(C)c1C(C)C(=O)O. The molecule has 1 aromatic heterocycles. The third kappa shape index (κ3) is 3.07. The van der Waals surface area contributed by atoms with Gasteiger partial charge in [0, 0.05) is 45.3 Å². The van der Waals surface area contributed by atoms with Crippen molar-refractivity contribution in [2.45, 2.75) is 45.6 Å². The Balaban J connectivity index is 2.51. The average molecular weight is 312 g/mol. The molecule has 1 fully saturated rings. The second-order valence-electron chi connectivity index (χ2n) is 5.49. The van der Waals surface area contributed by atoms with E-state index in [9.17, 15) is 18.9 Å². The minimum Gasteiger partial charge on any atom is -0.481 e. The van der Waals surface area contributed by atoms with Crippen molar-refractivity contribution in [3.8, 4) is 0 Å². The molecular weight excluding hydrogens is 292 g/mol. The summed E-state index contributed by atoms with van der Waals surface area (Å²) >= 11 is 0. The Morgan fingerprint density at radius 3 is 2.48 bits per heavy atom. The highest BCUT2D eigenvalue weighted by Gasteiger charge is 2.27. The van der Waals surface area contributed by atoms with Gasteiger partial charge in [0.25, 0.3) is 0 Å². The van der Waals surface area contributed by atoms with Gasteiger partial charge in [0.1, 0.15) is 0 Å². The summed E-state index contributed by atoms with van der Waals surface area (Å²) in [6.07, 6.45) is 1.33. The summed E-state index contributed by atoms with van der Waals surface area (Å²) in [5, 5.41) is 9.23. The van der Waals surface area contributed by atoms with Gasteiger partial charge in [-0.1, -0.05) is 0 Å². The molecule has 1 aliphatic heterocycles. The normalized spacial score (nSPS) is 23.8. The third-order valence-corrected chi connectivity index (χ3v) is 5.52. The molecule has 116 valence electrons. The standard InChI is InChI=1S/C14H20N2O4S/c1-8(13(17)18)12-9(2)15-14(19)16(10(12)3)11-4-6-21(20)7-5-11/h8,11H,4-7H2,1-3H3,(H,17,18). The maximum absolute atomic E-state index is 12.2. The molecule has 7 heteroatoms. The molecule has 1 saturated heterocycles. The van der Waals surface area contributed by atoms with E-state index in [-0.39, 0.29) is 11.7 Å². The maximum Gasteiger partial charge on any atom is 0.348 e. The molecule has 0 saturated carbocycles. The van der Waals surface area contributed by atoms with Crippen LogP contribution >= 0.6 is 0 Å². The number of carboxylic acids is 1. The predicted molar refractivity (Wildman–Crippen MR) is 80.2 cm³/mol. The number of aliphatic carboxylic acids is 1. The molecule has 0 radical (unpaired) electrons. The van der Waals surface area contributed by atoms with E-state index >= 15 is 0 Å². The molecule has 0 amide bonds. The van der Waals surface area contributed by atoms with Crippen LogP contribution in [0.25, 0.3) is 0 Å². The van der Waals surface area contributed by atoms with E-state index in [1.807, 2.05) is 0 Å². The van der Waals surface area contributed by atoms with Gasteiger partial charge in [-0.05, 0) is 33.6 Å². The number of hydrogen-bond donors (Lipinski definition) is 1. The molecule has 0 spiro atoms. The van der Waals surface area contributed by atoms with E-state index in [1.54, 1.807) is 25.3 Å². The van der Waals surface area contributed by atoms with Crippen LogP contribution in [0.3, 0.4) is 0 Å². The van der Waals surface area contributed by atoms with Gasteiger partial charge < -0.3 is 5.11 Å². The first-order chi connectivity index (χ1) is 9.82. The predicted octanol–water partition coefficient (Wildman–Crippen LogP) is 1.13. The van der Waals surface area contributed by atoms with Crippen LogP contribution in [0.15, 0.2) is 4.79 Å². The lowest BCUT2D eigenvalue weighted by Crippen LogP contribution is -2.35. The molecule has 1 aromatic rings. The Kier molecular flexibility index (Phi) is 4.61. The fraction of sp³-hybridized carbons (Fsp3) is 0.643. The molecule has 0 aliphatic carbocycles. The second-order valence-corrected chi connectivity index (χ2v) is 7.18. The van der Waals surface area contributed by atoms with E-state index < -0.39 is 22.7 Å². The van der Waals surface area contributed by atoms with Gasteiger partial charge in [0.2, 0.25) is 0 Å². The van der Waals surface area contributed by atoms with Crippen molar-refractivity contribution in [3.63, 3.8) is 0 Å². The topological polar surface area (TPSA) is 89.3 Å². The van der Waals surface area contributed by atoms with Crippen molar-refractivity contribution in [3.05, 3.63) is 27.4 Å². The first kappa shape index (κ1) is 15.9. The van der Waals surface area contributed by atoms with Crippen molar-refractivity contribution in [2.24, 2.45) is 0 Å². The minimum atomic E-state index is -0.932. The van der Waals surface area contributed by atoms with Crippen LogP contribution in [-0.4, -0.2) is 36.3 Å². The zero-order chi connectivity index (χ0) is 15.7. The van der Waals surface area contributed by atoms with Gasteiger partial charge in [-0.2, -0.15) is 4.98 Å². The van der Waals surface area contributed by atoms with Gasteiger partial charge in [-0.25, -0.2) is 4.79 Å². The van der Waals surface area contributed by atoms with Crippen LogP contribution in [0.2, 0.25) is 0 Å². The number of rotatable bonds is 3. The van der Waals surface area contributed by atoms with Crippen LogP contribution in [0.1, 0.15) is 48.7 Å². The molecule has 1 atom stereocenters. The zero-order valence-corrected chi connectivity index (χ0v) is 13.3. The molecule has 0 aromatic carbocycles. The summed E-state index contributed by atoms with van der Waals surface area (Å²) < 4.78 is 13.1. The summed E-state index contributed by atoms with van der Waals surface area (Å²) in [4.78, 5) is 27.5. The van der Waals surface area contributed by atoms with E-state index in [1.165, 1.54) is 0 Å². The summed E-state index contributed by atoms with van der Waals surface area (Å²) in [6, 6.07) is -0.0388. The number of nitrogens with zero attached hydrogens (tertiary/aromatic N) is 2. The third-order valence-electron chi connectivity index (χ3n) is 4.14. The molecule has 21 heavy (non-hydrogen) atoms. The van der Waals surface area contributed by atoms with Crippen LogP contribution in [0.5, 0.6) is 0 Å². The van der Waals surface area contributed by atoms with Gasteiger partial charge >= 0.3 is 11.7 Å². The van der Waals surface area contributed by atoms with E-state index in [0.717, 1.165) is 0 Å². The molecule has 6 nitrogen and oxygen atoms in total. The summed E-state index contributed by atoms with van der Waals surface area (Å²) in [6.45, 7) is 5.05. The lowest BCUT2D eigenvalue weighted by molar-refractivity contribution is -0.138. The number of carbonyl (C=O) groups is 1. The molecular formula is C14H20N2O4S. The number of aromatic nitrogens is 2. The zero-order valence-electron chi connectivity index (χ0n) is 12.5. The van der Waals surface area contributed by atoms with Crippen molar-refractivity contribution in [1.29, 1.82) is 0 Å². The average Bonchev–Trinajstić information content (AvgIpc) is 2.40. The Bertz CT molecular complexity index is 643. The quantitative estimate of drug-likeness (QED) is 0.904. The fourth-order valence-electron chi connectivity index (χ4n) is 3.01. The Morgan fingerprint density at radius 1 is 1.38 bits per heavy atom. The minimum absolute atomic E-state index is 0.0388. The van der Waals surface area contributed by atoms with Crippen molar-refractivity contribution >= 4 is 16.8 Å². The monoisotopic (exact) mass is 312 g/mol. The van der Waals surface area contributed by atoms with Crippen molar-refractivity contribution in [2.75, 3.05) is 11.5 Å². The van der Waals surface area contributed by atoms with E-state index in [4.69, 9.17) is 0 Å². The van der Waals surface area contributed by atoms with Crippen molar-refractivity contribution < 1.29 is 14.1 Å². The van der Waals surface area contributed by atoms with Crippen LogP contribution in [-0.2, 0) is 15.6 Å². The molecule has 0 bridgehead atoms. The van der Waals surface area contributed by atoms with Crippen LogP contribution in [0, 0.1) is 13.8 Å². The Hall–Kier alpha value is -1.50. The highest BCUT2D eigenvalue weighted by atomic mass is 32.2. The molecule has 1 aliphatic rings. The highest BCUT2D eigenvalue weighted by Crippen LogP contribution is 2.27. The summed E-state index contributed by atoms with van der Waals surface area (Å²) in [5.41, 5.74) is 1.40. The van der Waals surface area contributed by atoms with Gasteiger partial charge in [0.05, 0.1) is 5.92 Å². The van der Waals surface area contributed by atoms with Crippen LogP contribution in [0.4, 0.5) is 0 Å². The second kappa shape index (κ2) is 6.09. The Labute approximate surface area is 125 Å². The molecule has 1 unspecified atom stereocenters. The van der Waals surface area contributed by atoms with Gasteiger partial charge in [-0.3, -0.25) is 13.6 Å². The summed E-state index contributed by atoms with van der Waals surface area (Å²) in [7, 11) is -0.804. The smallest absolute Gasteiger partial charge is 0.348 e. The molecule has 2 rings (SSSR count). The van der Waals surface area contributed by atoms with E-state index in [0.29, 0.717) is 41.3 Å². The van der Waals surface area contributed by atoms with E-state index in [2.05, 4.69) is 4.98 Å².